The number of unbranched alkanes of at least 4 members (excludes halogenated alkanes) is 1. The van der Waals surface area contributed by atoms with E-state index in [1.165, 1.54) is 33.4 Å². The normalized spacial score (nSPS) is 30.1. The number of carbonyl (C=O) groups is 8. The molecule has 2 heterocycles. The molecule has 27 heteroatoms. The van der Waals surface area contributed by atoms with Crippen LogP contribution in [0.1, 0.15) is 138 Å². The third-order valence-corrected chi connectivity index (χ3v) is 22.2. The minimum atomic E-state index is -1.84. The molecular weight excluding hydrogens is 1260 g/mol. The molecule has 1 unspecified atom stereocenters. The van der Waals surface area contributed by atoms with Crippen LogP contribution in [0.4, 0.5) is 9.59 Å². The average molecular weight is 1360 g/mol. The van der Waals surface area contributed by atoms with Gasteiger partial charge in [-0.3, -0.25) is 29.0 Å². The number of amides is 7. The lowest BCUT2D eigenvalue weighted by atomic mass is 9.41. The number of hydrogen-bond donors (Lipinski definition) is 9. The molecule has 526 valence electrons. The number of esters is 1. The fourth-order valence-electron chi connectivity index (χ4n) is 14.9. The van der Waals surface area contributed by atoms with Crippen molar-refractivity contribution < 1.29 is 71.9 Å². The second-order valence-electron chi connectivity index (χ2n) is 27.9. The van der Waals surface area contributed by atoms with Crippen molar-refractivity contribution in [3.63, 3.8) is 0 Å². The van der Waals surface area contributed by atoms with Crippen LogP contribution in [0, 0.1) is 28.1 Å². The zero-order chi connectivity index (χ0) is 69.8. The van der Waals surface area contributed by atoms with Gasteiger partial charge in [-0.1, -0.05) is 130 Å². The zero-order valence-corrected chi connectivity index (χ0v) is 59.0. The Morgan fingerprint density at radius 2 is 1.47 bits per heavy atom. The third kappa shape index (κ3) is 18.1. The van der Waals surface area contributed by atoms with Gasteiger partial charge in [-0.2, -0.15) is 0 Å². The number of guanidine groups is 1. The maximum atomic E-state index is 15.6. The first kappa shape index (κ1) is 75.7. The quantitative estimate of drug-likeness (QED) is 0.0126. The van der Waals surface area contributed by atoms with Gasteiger partial charge in [-0.25, -0.2) is 14.4 Å². The molecule has 15 atom stereocenters. The Labute approximate surface area is 566 Å². The summed E-state index contributed by atoms with van der Waals surface area (Å²) >= 11 is 0. The van der Waals surface area contributed by atoms with Crippen molar-refractivity contribution in [1.82, 2.24) is 36.8 Å². The number of nitrogens with one attached hydrogen (secondary N) is 6. The average Bonchev–Trinajstić information content (AvgIpc) is 0.683. The Hall–Kier alpha value is -6.65. The van der Waals surface area contributed by atoms with Crippen LogP contribution in [0.3, 0.4) is 0 Å². The summed E-state index contributed by atoms with van der Waals surface area (Å²) < 4.78 is 37.9. The van der Waals surface area contributed by atoms with Crippen LogP contribution >= 0.6 is 21.6 Å². The number of rotatable bonds is 23. The molecule has 0 spiro atoms. The van der Waals surface area contributed by atoms with Crippen LogP contribution in [0.2, 0.25) is 0 Å². The van der Waals surface area contributed by atoms with Crippen molar-refractivity contribution in [2.45, 2.75) is 199 Å². The van der Waals surface area contributed by atoms with Crippen molar-refractivity contribution in [3.05, 3.63) is 82.9 Å². The molecule has 3 aliphatic carbocycles. The van der Waals surface area contributed by atoms with Crippen LogP contribution in [-0.2, 0) is 63.6 Å². The highest BCUT2D eigenvalue weighted by molar-refractivity contribution is 8.76. The monoisotopic (exact) mass is 1360 g/mol. The topological polar surface area (TPSA) is 352 Å². The molecule has 7 amide bonds. The Balaban J connectivity index is 1.17. The Kier molecular flexibility index (Phi) is 26.0. The zero-order valence-electron chi connectivity index (χ0n) is 57.3. The molecule has 2 bridgehead atoms. The summed E-state index contributed by atoms with van der Waals surface area (Å²) in [6.07, 6.45) is -2.82. The molecule has 0 radical (unpaired) electrons. The number of aliphatic hydroxyl groups is 1. The van der Waals surface area contributed by atoms with Crippen LogP contribution in [0.5, 0.6) is 0 Å². The number of aliphatic imine (C=N–C) groups is 1. The van der Waals surface area contributed by atoms with Crippen LogP contribution < -0.4 is 43.4 Å². The summed E-state index contributed by atoms with van der Waals surface area (Å²) in [7, 11) is 5.84. The Morgan fingerprint density at radius 3 is 2.09 bits per heavy atom. The van der Waals surface area contributed by atoms with Crippen LogP contribution in [0.15, 0.2) is 76.8 Å². The molecule has 2 saturated carbocycles. The highest BCUT2D eigenvalue weighted by atomic mass is 33.1. The fourth-order valence-corrected chi connectivity index (χ4v) is 17.1. The molecule has 95 heavy (non-hydrogen) atoms. The summed E-state index contributed by atoms with van der Waals surface area (Å²) in [6.45, 7) is 21.3. The second kappa shape index (κ2) is 32.6. The number of ether oxygens (including phenoxy) is 6. The molecule has 0 aromatic heterocycles. The highest BCUT2D eigenvalue weighted by Gasteiger charge is 2.71. The number of methoxy groups -OCH3 is 2. The van der Waals surface area contributed by atoms with Gasteiger partial charge in [0.25, 0.3) is 0 Å². The van der Waals surface area contributed by atoms with E-state index in [1.807, 2.05) is 27.7 Å². The molecule has 5 aliphatic rings. The van der Waals surface area contributed by atoms with Crippen molar-refractivity contribution in [2.75, 3.05) is 58.5 Å². The first-order chi connectivity index (χ1) is 44.8. The minimum absolute atomic E-state index is 0.0224. The van der Waals surface area contributed by atoms with Gasteiger partial charge in [0.05, 0.1) is 37.1 Å². The lowest BCUT2D eigenvalue weighted by Gasteiger charge is -2.69. The van der Waals surface area contributed by atoms with E-state index in [-0.39, 0.29) is 86.3 Å². The summed E-state index contributed by atoms with van der Waals surface area (Å²) in [5.41, 5.74) is 9.47. The van der Waals surface area contributed by atoms with Gasteiger partial charge in [0.1, 0.15) is 41.9 Å². The molecule has 2 saturated heterocycles. The predicted octanol–water partition coefficient (Wildman–Crippen LogP) is 5.52. The minimum Gasteiger partial charge on any atom is -0.455 e. The molecule has 2 aromatic carbocycles. The molecule has 2 aliphatic heterocycles. The van der Waals surface area contributed by atoms with Crippen LogP contribution in [-0.4, -0.2) is 188 Å². The second-order valence-corrected chi connectivity index (χ2v) is 30.5. The number of benzene rings is 2. The number of nitrogens with zero attached hydrogens (tertiary/aromatic N) is 2. The summed E-state index contributed by atoms with van der Waals surface area (Å²) in [4.78, 5) is 119. The van der Waals surface area contributed by atoms with E-state index in [9.17, 15) is 33.9 Å². The summed E-state index contributed by atoms with van der Waals surface area (Å²) in [5, 5.41) is 30.0. The number of carbonyl (C=O) groups excluding carboxylic acids is 8. The van der Waals surface area contributed by atoms with Gasteiger partial charge in [-0.15, -0.1) is 0 Å². The lowest BCUT2D eigenvalue weighted by molar-refractivity contribution is -0.315. The van der Waals surface area contributed by atoms with E-state index in [1.54, 1.807) is 95.7 Å². The smallest absolute Gasteiger partial charge is 0.410 e. The van der Waals surface area contributed by atoms with Crippen molar-refractivity contribution in [3.8, 4) is 0 Å². The van der Waals surface area contributed by atoms with E-state index in [4.69, 9.17) is 39.9 Å². The number of hydrogen-bond acceptors (Lipinski definition) is 18. The van der Waals surface area contributed by atoms with Crippen LogP contribution in [0.25, 0.3) is 0 Å². The van der Waals surface area contributed by atoms with E-state index in [0.717, 1.165) is 5.57 Å². The molecule has 25 nitrogen and oxygen atoms in total. The maximum absolute atomic E-state index is 15.6. The van der Waals surface area contributed by atoms with Crippen molar-refractivity contribution in [2.24, 2.45) is 44.5 Å². The van der Waals surface area contributed by atoms with Gasteiger partial charge in [0, 0.05) is 80.9 Å². The molecule has 11 N–H and O–H groups in total. The van der Waals surface area contributed by atoms with E-state index in [2.05, 4.69) is 57.7 Å². The predicted molar refractivity (Wildman–Crippen MR) is 362 cm³/mol. The highest BCUT2D eigenvalue weighted by Crippen LogP contribution is 2.68. The SMILES string of the molecule is CCCCN(CCSSC[C@@H]1NC(=O)[C@@H](Cc2ccccc2)NC(=O)[C@H](C)NC(=O)CNC(=O)[C@H](CCCN=C(N)N)NC1=O)C(=O)O[C@@H](C(=O)OC1C[C@@]2(O)[C@@H](C)[C@H]3[C@](C)(C[C@H](OC)C(=C1C)C2(C)C)[C@@H](OC)C[C@H]1OC[C@@]31C)[C@@H](NC(=O)OC(C)(C)C)c1ccccc1. The first-order valence-electron chi connectivity index (χ1n) is 32.9. The summed E-state index contributed by atoms with van der Waals surface area (Å²) in [5.74, 6) is -5.08. The van der Waals surface area contributed by atoms with Crippen molar-refractivity contribution >= 4 is 75.2 Å². The fraction of sp³-hybridized carbons (Fsp3) is 0.662. The van der Waals surface area contributed by atoms with E-state index in [0.29, 0.717) is 49.0 Å². The third-order valence-electron chi connectivity index (χ3n) is 19.8. The Bertz CT molecular complexity index is 3100. The maximum Gasteiger partial charge on any atom is 0.410 e. The first-order valence-corrected chi connectivity index (χ1v) is 35.4. The van der Waals surface area contributed by atoms with Gasteiger partial charge in [0.15, 0.2) is 5.96 Å². The van der Waals surface area contributed by atoms with E-state index >= 15 is 9.59 Å². The van der Waals surface area contributed by atoms with Gasteiger partial charge >= 0.3 is 18.2 Å². The van der Waals surface area contributed by atoms with Gasteiger partial charge < -0.3 is 81.8 Å². The number of alkyl carbamates (subject to hydrolysis) is 1. The van der Waals surface area contributed by atoms with Gasteiger partial charge in [-0.05, 0) is 94.4 Å². The lowest BCUT2D eigenvalue weighted by Crippen LogP contribution is -2.73. The largest absolute Gasteiger partial charge is 0.455 e. The van der Waals surface area contributed by atoms with Crippen molar-refractivity contribution in [1.29, 1.82) is 0 Å². The number of nitrogens with two attached hydrogens (primary N) is 2. The molecular formula is C68H102N10O15S2. The Morgan fingerprint density at radius 1 is 0.821 bits per heavy atom. The molecule has 4 fully saturated rings. The summed E-state index contributed by atoms with van der Waals surface area (Å²) in [6, 6.07) is 11.3. The van der Waals surface area contributed by atoms with Gasteiger partial charge in [0.2, 0.25) is 35.6 Å². The van der Waals surface area contributed by atoms with E-state index < -0.39 is 131 Å². The molecule has 2 aromatic rings. The standard InChI is InChI=1S/C68H102N10O15S2/c1-14-15-29-78(30-31-94-95-37-46-59(83)74-44(27-22-28-71-61(69)70)57(81)72-36-51(79)73-41(4)56(80)75-45(58(82)76-46)32-42-23-18-16-19-24-42)63(86)92-54(53(43-25-20-17-21-26-43)77-62(85)93-64(5,6)7)60(84)91-47-35-68(87)40(3)55-66(10,49(89-13)33-50-67(55,11)38-90-50)34-48(88-12)52(39(47)2)65(68,8)9/h16-21,23-26,40-41,44-50,53-55,87H,14-15,22,27-38H2,1-13H3,(H,72,81)(H,73,79)(H,74,83)(H,75,80)(H,76,82)(H,77,85)(H4,69,70,71)/t40-,41-,44-,45+,46-,47?,48-,49-,50+,53-,54+,55-,66+,67+,68+/m0/s1. The molecule has 7 rings (SSSR count). The number of fused-ring (bicyclic) bond motifs is 5.